The Morgan fingerprint density at radius 3 is 2.80 bits per heavy atom. The van der Waals surface area contributed by atoms with Gasteiger partial charge in [-0.05, 0) is 51.8 Å². The van der Waals surface area contributed by atoms with Crippen molar-refractivity contribution in [2.24, 2.45) is 0 Å². The second kappa shape index (κ2) is 6.29. The molecule has 1 aromatic heterocycles. The van der Waals surface area contributed by atoms with Crippen molar-refractivity contribution >= 4 is 28.0 Å². The number of ether oxygens (including phenoxy) is 1. The molecular formula is C14H9BrFNO3. The minimum Gasteiger partial charge on any atom is -0.478 e. The first-order chi connectivity index (χ1) is 9.54. The average Bonchev–Trinajstić information content (AvgIpc) is 2.41. The van der Waals surface area contributed by atoms with Crippen LogP contribution in [0.2, 0.25) is 0 Å². The molecular weight excluding hydrogens is 329 g/mol. The van der Waals surface area contributed by atoms with Crippen LogP contribution in [0.3, 0.4) is 0 Å². The number of hydrogen-bond donors (Lipinski definition) is 1. The predicted molar refractivity (Wildman–Crippen MR) is 75.1 cm³/mol. The molecule has 4 nitrogen and oxygen atoms in total. The van der Waals surface area contributed by atoms with E-state index in [9.17, 15) is 9.18 Å². The number of carboxylic acid groups (broad SMARTS) is 1. The monoisotopic (exact) mass is 337 g/mol. The van der Waals surface area contributed by atoms with Crippen LogP contribution in [0.25, 0.3) is 6.08 Å². The predicted octanol–water partition coefficient (Wildman–Crippen LogP) is 3.87. The summed E-state index contributed by atoms with van der Waals surface area (Å²) in [5, 5.41) is 8.56. The highest BCUT2D eigenvalue weighted by Crippen LogP contribution is 2.26. The first kappa shape index (κ1) is 14.2. The zero-order valence-electron chi connectivity index (χ0n) is 10.1. The highest BCUT2D eigenvalue weighted by atomic mass is 79.9. The van der Waals surface area contributed by atoms with Gasteiger partial charge in [-0.15, -0.1) is 0 Å². The highest BCUT2D eigenvalue weighted by Gasteiger charge is 2.03. The number of nitrogens with zero attached hydrogens (tertiary/aromatic N) is 1. The molecule has 0 fully saturated rings. The molecule has 0 radical (unpaired) electrons. The molecule has 102 valence electrons. The number of aliphatic carboxylic acids is 1. The summed E-state index contributed by atoms with van der Waals surface area (Å²) in [6.07, 6.45) is 5.40. The first-order valence-corrected chi connectivity index (χ1v) is 6.33. The van der Waals surface area contributed by atoms with Gasteiger partial charge >= 0.3 is 5.97 Å². The number of hydrogen-bond acceptors (Lipinski definition) is 3. The maximum Gasteiger partial charge on any atom is 0.328 e. The van der Waals surface area contributed by atoms with Crippen LogP contribution in [0.4, 0.5) is 4.39 Å². The molecule has 2 aromatic rings. The van der Waals surface area contributed by atoms with Crippen molar-refractivity contribution in [3.8, 4) is 11.5 Å². The van der Waals surface area contributed by atoms with Crippen molar-refractivity contribution in [1.82, 2.24) is 4.98 Å². The van der Waals surface area contributed by atoms with E-state index >= 15 is 0 Å². The lowest BCUT2D eigenvalue weighted by Gasteiger charge is -2.06. The van der Waals surface area contributed by atoms with E-state index in [2.05, 4.69) is 20.9 Å². The lowest BCUT2D eigenvalue weighted by atomic mass is 10.2. The lowest BCUT2D eigenvalue weighted by molar-refractivity contribution is -0.131. The summed E-state index contributed by atoms with van der Waals surface area (Å²) in [6.45, 7) is 0. The van der Waals surface area contributed by atoms with Gasteiger partial charge in [0.25, 0.3) is 0 Å². The molecule has 0 saturated heterocycles. The van der Waals surface area contributed by atoms with Gasteiger partial charge in [0.15, 0.2) is 0 Å². The normalized spacial score (nSPS) is 10.7. The maximum absolute atomic E-state index is 13.1. The van der Waals surface area contributed by atoms with Gasteiger partial charge in [0.2, 0.25) is 0 Å². The zero-order chi connectivity index (χ0) is 14.5. The number of aromatic nitrogens is 1. The molecule has 0 aliphatic carbocycles. The SMILES string of the molecule is O=C(O)/C=C/c1cncc(Oc2ccc(F)c(Br)c2)c1. The number of halogens is 2. The number of pyridine rings is 1. The van der Waals surface area contributed by atoms with Gasteiger partial charge in [-0.2, -0.15) is 0 Å². The van der Waals surface area contributed by atoms with E-state index in [1.807, 2.05) is 0 Å². The number of carbonyl (C=O) groups is 1. The van der Waals surface area contributed by atoms with Gasteiger partial charge in [0.05, 0.1) is 10.7 Å². The Labute approximate surface area is 122 Å². The van der Waals surface area contributed by atoms with E-state index < -0.39 is 5.97 Å². The van der Waals surface area contributed by atoms with Crippen LogP contribution in [0.5, 0.6) is 11.5 Å². The summed E-state index contributed by atoms with van der Waals surface area (Å²) >= 11 is 3.07. The molecule has 0 saturated carbocycles. The Morgan fingerprint density at radius 1 is 1.30 bits per heavy atom. The number of benzene rings is 1. The van der Waals surface area contributed by atoms with E-state index in [-0.39, 0.29) is 5.82 Å². The third-order valence-corrected chi connectivity index (χ3v) is 2.89. The number of carboxylic acids is 1. The van der Waals surface area contributed by atoms with Gasteiger partial charge in [-0.25, -0.2) is 9.18 Å². The third-order valence-electron chi connectivity index (χ3n) is 2.28. The molecule has 20 heavy (non-hydrogen) atoms. The van der Waals surface area contributed by atoms with Crippen LogP contribution in [-0.2, 0) is 4.79 Å². The minimum absolute atomic E-state index is 0.296. The van der Waals surface area contributed by atoms with Crippen LogP contribution in [0.1, 0.15) is 5.56 Å². The Morgan fingerprint density at radius 2 is 2.10 bits per heavy atom. The van der Waals surface area contributed by atoms with Crippen LogP contribution < -0.4 is 4.74 Å². The summed E-state index contributed by atoms with van der Waals surface area (Å²) in [7, 11) is 0. The topological polar surface area (TPSA) is 59.4 Å². The first-order valence-electron chi connectivity index (χ1n) is 5.53. The van der Waals surface area contributed by atoms with Crippen molar-refractivity contribution < 1.29 is 19.0 Å². The van der Waals surface area contributed by atoms with Crippen LogP contribution in [-0.4, -0.2) is 16.1 Å². The largest absolute Gasteiger partial charge is 0.478 e. The van der Waals surface area contributed by atoms with Gasteiger partial charge < -0.3 is 9.84 Å². The fourth-order valence-electron chi connectivity index (χ4n) is 1.43. The quantitative estimate of drug-likeness (QED) is 0.860. The van der Waals surface area contributed by atoms with E-state index in [4.69, 9.17) is 9.84 Å². The van der Waals surface area contributed by atoms with Crippen molar-refractivity contribution in [3.05, 3.63) is 58.6 Å². The summed E-state index contributed by atoms with van der Waals surface area (Å²) in [4.78, 5) is 14.4. The van der Waals surface area contributed by atoms with Crippen molar-refractivity contribution in [2.75, 3.05) is 0 Å². The fourth-order valence-corrected chi connectivity index (χ4v) is 1.78. The van der Waals surface area contributed by atoms with Gasteiger partial charge in [0.1, 0.15) is 17.3 Å². The van der Waals surface area contributed by atoms with E-state index in [0.29, 0.717) is 21.5 Å². The molecule has 0 bridgehead atoms. The fraction of sp³-hybridized carbons (Fsp3) is 0. The van der Waals surface area contributed by atoms with Crippen molar-refractivity contribution in [3.63, 3.8) is 0 Å². The smallest absolute Gasteiger partial charge is 0.328 e. The van der Waals surface area contributed by atoms with E-state index in [1.165, 1.54) is 36.7 Å². The molecule has 1 aromatic carbocycles. The highest BCUT2D eigenvalue weighted by molar-refractivity contribution is 9.10. The molecule has 2 rings (SSSR count). The molecule has 0 atom stereocenters. The molecule has 0 spiro atoms. The van der Waals surface area contributed by atoms with Crippen LogP contribution in [0, 0.1) is 5.82 Å². The second-order valence-electron chi connectivity index (χ2n) is 3.80. The standard InChI is InChI=1S/C14H9BrFNO3/c15-12-6-10(2-3-13(12)16)20-11-5-9(7-17-8-11)1-4-14(18)19/h1-8H,(H,18,19)/b4-1+. The number of rotatable bonds is 4. The van der Waals surface area contributed by atoms with E-state index in [0.717, 1.165) is 6.08 Å². The zero-order valence-corrected chi connectivity index (χ0v) is 11.7. The minimum atomic E-state index is -1.04. The van der Waals surface area contributed by atoms with Crippen LogP contribution >= 0.6 is 15.9 Å². The third kappa shape index (κ3) is 3.89. The van der Waals surface area contributed by atoms with Gasteiger partial charge in [-0.3, -0.25) is 4.98 Å². The summed E-state index contributed by atoms with van der Waals surface area (Å²) in [5.41, 5.74) is 0.589. The molecule has 1 heterocycles. The second-order valence-corrected chi connectivity index (χ2v) is 4.66. The average molecular weight is 338 g/mol. The van der Waals surface area contributed by atoms with Crippen molar-refractivity contribution in [1.29, 1.82) is 0 Å². The van der Waals surface area contributed by atoms with Crippen LogP contribution in [0.15, 0.2) is 47.2 Å². The Kier molecular flexibility index (Phi) is 4.47. The van der Waals surface area contributed by atoms with Gasteiger partial charge in [-0.1, -0.05) is 0 Å². The summed E-state index contributed by atoms with van der Waals surface area (Å²) in [5.74, 6) is -0.553. The molecule has 6 heteroatoms. The molecule has 0 amide bonds. The lowest BCUT2D eigenvalue weighted by Crippen LogP contribution is -1.89. The Hall–Kier alpha value is -2.21. The Balaban J connectivity index is 2.19. The maximum atomic E-state index is 13.1. The van der Waals surface area contributed by atoms with Crippen molar-refractivity contribution in [2.45, 2.75) is 0 Å². The molecule has 1 N–H and O–H groups in total. The summed E-state index contributed by atoms with van der Waals surface area (Å²) in [6, 6.07) is 5.89. The Bertz CT molecular complexity index is 673. The van der Waals surface area contributed by atoms with Gasteiger partial charge in [0, 0.05) is 12.3 Å². The van der Waals surface area contributed by atoms with E-state index in [1.54, 1.807) is 6.07 Å². The molecule has 0 aliphatic rings. The molecule has 0 unspecified atom stereocenters. The summed E-state index contributed by atoms with van der Waals surface area (Å²) < 4.78 is 18.9. The molecule has 0 aliphatic heterocycles.